The summed E-state index contributed by atoms with van der Waals surface area (Å²) in [6.07, 6.45) is 16.0. The molecule has 0 heterocycles. The lowest BCUT2D eigenvalue weighted by molar-refractivity contribution is 0.505. The van der Waals surface area contributed by atoms with Gasteiger partial charge in [0.1, 0.15) is 0 Å². The standard InChI is InChI=1S/C15H32.H3N/c1-4-5-6-7-8-9-10-11-12-13-14-15(2)3;/h15H,4-14H2,1-3H3;1H3. The summed E-state index contributed by atoms with van der Waals surface area (Å²) in [5, 5.41) is 0. The molecule has 0 aliphatic heterocycles. The second-order valence-corrected chi connectivity index (χ2v) is 5.36. The van der Waals surface area contributed by atoms with Crippen molar-refractivity contribution in [3.8, 4) is 0 Å². The van der Waals surface area contributed by atoms with Gasteiger partial charge in [0.2, 0.25) is 0 Å². The normalized spacial score (nSPS) is 10.5. The van der Waals surface area contributed by atoms with Gasteiger partial charge in [0.25, 0.3) is 0 Å². The van der Waals surface area contributed by atoms with Crippen LogP contribution < -0.4 is 6.15 Å². The molecule has 0 rings (SSSR count). The van der Waals surface area contributed by atoms with Crippen LogP contribution in [0.3, 0.4) is 0 Å². The van der Waals surface area contributed by atoms with Crippen molar-refractivity contribution in [3.05, 3.63) is 0 Å². The molecule has 100 valence electrons. The summed E-state index contributed by atoms with van der Waals surface area (Å²) in [5.74, 6) is 0.902. The molecule has 0 aromatic carbocycles. The molecule has 1 nitrogen and oxygen atoms in total. The first kappa shape index (κ1) is 18.3. The number of unbranched alkanes of at least 4 members (excludes halogenated alkanes) is 9. The van der Waals surface area contributed by atoms with Crippen molar-refractivity contribution in [2.45, 2.75) is 91.4 Å². The van der Waals surface area contributed by atoms with Crippen LogP contribution in [0.15, 0.2) is 0 Å². The molecule has 0 aromatic rings. The summed E-state index contributed by atoms with van der Waals surface area (Å²) >= 11 is 0. The molecular formula is C15H35N. The quantitative estimate of drug-likeness (QED) is 0.426. The lowest BCUT2D eigenvalue weighted by Gasteiger charge is -2.04. The fraction of sp³-hybridized carbons (Fsp3) is 1.00. The smallest absolute Gasteiger partial charge is 0.0471 e. The minimum atomic E-state index is 0. The summed E-state index contributed by atoms with van der Waals surface area (Å²) < 4.78 is 0. The van der Waals surface area contributed by atoms with Gasteiger partial charge < -0.3 is 6.15 Å². The van der Waals surface area contributed by atoms with Gasteiger partial charge in [-0.1, -0.05) is 91.4 Å². The first-order valence-corrected chi connectivity index (χ1v) is 7.27. The van der Waals surface area contributed by atoms with Gasteiger partial charge in [-0.15, -0.1) is 0 Å². The van der Waals surface area contributed by atoms with E-state index in [2.05, 4.69) is 20.8 Å². The van der Waals surface area contributed by atoms with E-state index in [0.717, 1.165) is 5.92 Å². The van der Waals surface area contributed by atoms with Crippen LogP contribution in [-0.4, -0.2) is 0 Å². The van der Waals surface area contributed by atoms with E-state index >= 15 is 0 Å². The average molecular weight is 229 g/mol. The van der Waals surface area contributed by atoms with Gasteiger partial charge in [-0.2, -0.15) is 0 Å². The molecule has 3 N–H and O–H groups in total. The molecule has 0 saturated carbocycles. The Morgan fingerprint density at radius 3 is 1.38 bits per heavy atom. The first-order valence-electron chi connectivity index (χ1n) is 7.27. The maximum absolute atomic E-state index is 2.33. The highest BCUT2D eigenvalue weighted by Gasteiger charge is 1.94. The lowest BCUT2D eigenvalue weighted by atomic mass is 10.0. The van der Waals surface area contributed by atoms with Crippen molar-refractivity contribution < 1.29 is 0 Å². The Labute approximate surface area is 104 Å². The SMILES string of the molecule is CCCCCCCCCCCCC(C)C.N. The monoisotopic (exact) mass is 229 g/mol. The molecule has 0 unspecified atom stereocenters. The van der Waals surface area contributed by atoms with E-state index in [1.165, 1.54) is 70.6 Å². The van der Waals surface area contributed by atoms with Crippen LogP contribution in [0.2, 0.25) is 0 Å². The molecule has 0 aromatic heterocycles. The zero-order chi connectivity index (χ0) is 11.4. The van der Waals surface area contributed by atoms with Crippen LogP contribution >= 0.6 is 0 Å². The van der Waals surface area contributed by atoms with Crippen LogP contribution in [0.1, 0.15) is 91.4 Å². The topological polar surface area (TPSA) is 35.0 Å². The maximum Gasteiger partial charge on any atom is -0.0471 e. The Kier molecular flexibility index (Phi) is 17.1. The van der Waals surface area contributed by atoms with Gasteiger partial charge in [0.15, 0.2) is 0 Å². The molecule has 0 saturated heterocycles. The minimum Gasteiger partial charge on any atom is -0.344 e. The summed E-state index contributed by atoms with van der Waals surface area (Å²) in [5.41, 5.74) is 0. The highest BCUT2D eigenvalue weighted by Crippen LogP contribution is 2.13. The van der Waals surface area contributed by atoms with Gasteiger partial charge in [0, 0.05) is 0 Å². The molecule has 0 amide bonds. The average Bonchev–Trinajstić information content (AvgIpc) is 2.20. The molecular weight excluding hydrogens is 194 g/mol. The van der Waals surface area contributed by atoms with E-state index in [1.54, 1.807) is 0 Å². The zero-order valence-electron chi connectivity index (χ0n) is 12.1. The summed E-state index contributed by atoms with van der Waals surface area (Å²) in [4.78, 5) is 0. The highest BCUT2D eigenvalue weighted by molar-refractivity contribution is 4.49. The van der Waals surface area contributed by atoms with Gasteiger partial charge >= 0.3 is 0 Å². The van der Waals surface area contributed by atoms with Gasteiger partial charge in [-0.25, -0.2) is 0 Å². The van der Waals surface area contributed by atoms with Crippen LogP contribution in [-0.2, 0) is 0 Å². The van der Waals surface area contributed by atoms with E-state index in [-0.39, 0.29) is 6.15 Å². The zero-order valence-corrected chi connectivity index (χ0v) is 12.1. The van der Waals surface area contributed by atoms with Crippen molar-refractivity contribution in [2.24, 2.45) is 5.92 Å². The fourth-order valence-electron chi connectivity index (χ4n) is 2.04. The summed E-state index contributed by atoms with van der Waals surface area (Å²) in [7, 11) is 0. The van der Waals surface area contributed by atoms with Crippen LogP contribution in [0.5, 0.6) is 0 Å². The number of hydrogen-bond acceptors (Lipinski definition) is 1. The van der Waals surface area contributed by atoms with Gasteiger partial charge in [-0.05, 0) is 5.92 Å². The van der Waals surface area contributed by atoms with Crippen LogP contribution in [0.4, 0.5) is 0 Å². The minimum absolute atomic E-state index is 0. The predicted octanol–water partition coefficient (Wildman–Crippen LogP) is 6.12. The largest absolute Gasteiger partial charge is 0.344 e. The molecule has 0 radical (unpaired) electrons. The Morgan fingerprint density at radius 1 is 0.625 bits per heavy atom. The molecule has 16 heavy (non-hydrogen) atoms. The molecule has 0 aliphatic carbocycles. The lowest BCUT2D eigenvalue weighted by Crippen LogP contribution is -1.87. The van der Waals surface area contributed by atoms with E-state index < -0.39 is 0 Å². The number of hydrogen-bond donors (Lipinski definition) is 1. The Hall–Kier alpha value is -0.0400. The van der Waals surface area contributed by atoms with E-state index in [1.807, 2.05) is 0 Å². The molecule has 0 bridgehead atoms. The van der Waals surface area contributed by atoms with Crippen molar-refractivity contribution in [1.29, 1.82) is 0 Å². The van der Waals surface area contributed by atoms with Crippen molar-refractivity contribution >= 4 is 0 Å². The van der Waals surface area contributed by atoms with Crippen molar-refractivity contribution in [1.82, 2.24) is 6.15 Å². The molecule has 0 aliphatic rings. The predicted molar refractivity (Wildman–Crippen MR) is 76.3 cm³/mol. The Morgan fingerprint density at radius 2 is 1.00 bits per heavy atom. The Bertz CT molecular complexity index is 110. The summed E-state index contributed by atoms with van der Waals surface area (Å²) in [6.45, 7) is 6.94. The summed E-state index contributed by atoms with van der Waals surface area (Å²) in [6, 6.07) is 0. The molecule has 0 atom stereocenters. The molecule has 0 spiro atoms. The van der Waals surface area contributed by atoms with Crippen LogP contribution in [0.25, 0.3) is 0 Å². The third-order valence-electron chi connectivity index (χ3n) is 3.14. The van der Waals surface area contributed by atoms with Gasteiger partial charge in [0.05, 0.1) is 0 Å². The van der Waals surface area contributed by atoms with E-state index in [0.29, 0.717) is 0 Å². The molecule has 1 heteroatoms. The molecule has 0 fully saturated rings. The van der Waals surface area contributed by atoms with Gasteiger partial charge in [-0.3, -0.25) is 0 Å². The number of rotatable bonds is 11. The van der Waals surface area contributed by atoms with Crippen LogP contribution in [0, 0.1) is 5.92 Å². The van der Waals surface area contributed by atoms with Crippen molar-refractivity contribution in [3.63, 3.8) is 0 Å². The second kappa shape index (κ2) is 15.0. The highest BCUT2D eigenvalue weighted by atomic mass is 14.0. The fourth-order valence-corrected chi connectivity index (χ4v) is 2.04. The van der Waals surface area contributed by atoms with E-state index in [4.69, 9.17) is 0 Å². The third-order valence-corrected chi connectivity index (χ3v) is 3.14. The van der Waals surface area contributed by atoms with Crippen molar-refractivity contribution in [2.75, 3.05) is 0 Å². The maximum atomic E-state index is 2.33. The van der Waals surface area contributed by atoms with E-state index in [9.17, 15) is 0 Å². The second-order valence-electron chi connectivity index (χ2n) is 5.36. The Balaban J connectivity index is 0. The first-order chi connectivity index (χ1) is 7.27. The third kappa shape index (κ3) is 16.4.